The Balaban J connectivity index is 1.85. The number of para-hydroxylation sites is 2. The van der Waals surface area contributed by atoms with Gasteiger partial charge in [-0.3, -0.25) is 0 Å². The van der Waals surface area contributed by atoms with Crippen LogP contribution in [0, 0.1) is 11.8 Å². The number of rotatable bonds is 2. The average Bonchev–Trinajstić information content (AvgIpc) is 2.84. The fourth-order valence-corrected chi connectivity index (χ4v) is 2.82. The Kier molecular flexibility index (Phi) is 2.77. The Labute approximate surface area is 109 Å². The van der Waals surface area contributed by atoms with E-state index in [9.17, 15) is 0 Å². The molecule has 1 atom stereocenters. The van der Waals surface area contributed by atoms with E-state index in [0.717, 1.165) is 18.8 Å². The highest BCUT2D eigenvalue weighted by molar-refractivity contribution is 5.72. The van der Waals surface area contributed by atoms with Crippen LogP contribution in [0.4, 0.5) is 0 Å². The van der Waals surface area contributed by atoms with Gasteiger partial charge < -0.3 is 10.2 Å². The quantitative estimate of drug-likeness (QED) is 0.878. The van der Waals surface area contributed by atoms with Crippen LogP contribution < -0.4 is 5.73 Å². The lowest BCUT2D eigenvalue weighted by molar-refractivity contribution is 0.237. The highest BCUT2D eigenvalue weighted by atomic mass is 16.3. The molecule has 1 aromatic carbocycles. The lowest BCUT2D eigenvalue weighted by Gasteiger charge is -2.28. The molecular formula is C15H20N2O. The highest BCUT2D eigenvalue weighted by Crippen LogP contribution is 2.35. The van der Waals surface area contributed by atoms with Crippen LogP contribution in [0.25, 0.3) is 11.1 Å². The van der Waals surface area contributed by atoms with Gasteiger partial charge in [0.1, 0.15) is 5.52 Å². The lowest BCUT2D eigenvalue weighted by atomic mass is 9.79. The van der Waals surface area contributed by atoms with Crippen molar-refractivity contribution in [2.45, 2.75) is 38.6 Å². The van der Waals surface area contributed by atoms with Crippen LogP contribution in [-0.4, -0.2) is 4.98 Å². The molecule has 1 aliphatic carbocycles. The third kappa shape index (κ3) is 2.15. The normalized spacial score (nSPS) is 27.1. The molecule has 3 rings (SSSR count). The first-order valence-electron chi connectivity index (χ1n) is 7.27. The summed E-state index contributed by atoms with van der Waals surface area (Å²) in [5, 5.41) is 0. The SMILES string of the molecule is [2H]c1cccc2oc([C@@H](N)C3CCC(C)CC3)nc12. The first-order valence-corrected chi connectivity index (χ1v) is 6.77. The molecule has 3 heteroatoms. The molecule has 1 heterocycles. The second-order valence-corrected chi connectivity index (χ2v) is 5.48. The maximum atomic E-state index is 7.83. The van der Waals surface area contributed by atoms with Crippen molar-refractivity contribution in [3.63, 3.8) is 0 Å². The van der Waals surface area contributed by atoms with Gasteiger partial charge in [-0.2, -0.15) is 0 Å². The largest absolute Gasteiger partial charge is 0.439 e. The molecule has 1 aliphatic rings. The zero-order valence-electron chi connectivity index (χ0n) is 11.7. The van der Waals surface area contributed by atoms with E-state index in [1.807, 2.05) is 12.1 Å². The zero-order valence-corrected chi connectivity index (χ0v) is 10.7. The first kappa shape index (κ1) is 10.6. The summed E-state index contributed by atoms with van der Waals surface area (Å²) < 4.78 is 13.6. The molecule has 2 aromatic rings. The molecule has 0 amide bonds. The van der Waals surface area contributed by atoms with E-state index in [4.69, 9.17) is 11.5 Å². The molecule has 96 valence electrons. The van der Waals surface area contributed by atoms with Gasteiger partial charge >= 0.3 is 0 Å². The summed E-state index contributed by atoms with van der Waals surface area (Å²) >= 11 is 0. The Hall–Kier alpha value is -1.35. The first-order chi connectivity index (χ1) is 9.15. The molecule has 0 spiro atoms. The third-order valence-corrected chi connectivity index (χ3v) is 4.09. The van der Waals surface area contributed by atoms with E-state index in [-0.39, 0.29) is 6.04 Å². The molecule has 3 nitrogen and oxygen atoms in total. The average molecular weight is 245 g/mol. The monoisotopic (exact) mass is 245 g/mol. The Morgan fingerprint density at radius 2 is 2.17 bits per heavy atom. The summed E-state index contributed by atoms with van der Waals surface area (Å²) in [6.45, 7) is 2.30. The smallest absolute Gasteiger partial charge is 0.212 e. The minimum atomic E-state index is -0.140. The number of nitrogens with zero attached hydrogens (tertiary/aromatic N) is 1. The predicted octanol–water partition coefficient (Wildman–Crippen LogP) is 3.65. The van der Waals surface area contributed by atoms with Crippen molar-refractivity contribution in [2.24, 2.45) is 17.6 Å². The van der Waals surface area contributed by atoms with Crippen LogP contribution in [0.2, 0.25) is 0 Å². The molecule has 1 saturated carbocycles. The number of nitrogens with two attached hydrogens (primary N) is 1. The molecule has 2 N–H and O–H groups in total. The molecule has 0 bridgehead atoms. The van der Waals surface area contributed by atoms with E-state index in [1.54, 1.807) is 6.07 Å². The molecule has 0 saturated heterocycles. The van der Waals surface area contributed by atoms with Crippen molar-refractivity contribution in [3.8, 4) is 0 Å². The predicted molar refractivity (Wildman–Crippen MR) is 72.1 cm³/mol. The van der Waals surface area contributed by atoms with Crippen molar-refractivity contribution in [2.75, 3.05) is 0 Å². The van der Waals surface area contributed by atoms with Crippen molar-refractivity contribution < 1.29 is 5.79 Å². The molecule has 0 unspecified atom stereocenters. The van der Waals surface area contributed by atoms with Gasteiger partial charge in [0, 0.05) is 0 Å². The van der Waals surface area contributed by atoms with Gasteiger partial charge in [0.05, 0.1) is 7.41 Å². The fraction of sp³-hybridized carbons (Fsp3) is 0.533. The highest BCUT2D eigenvalue weighted by Gasteiger charge is 2.27. The van der Waals surface area contributed by atoms with Crippen molar-refractivity contribution in [1.82, 2.24) is 4.98 Å². The molecule has 1 fully saturated rings. The van der Waals surface area contributed by atoms with Gasteiger partial charge in [0.2, 0.25) is 5.89 Å². The van der Waals surface area contributed by atoms with Crippen LogP contribution >= 0.6 is 0 Å². The summed E-state index contributed by atoms with van der Waals surface area (Å²) in [6, 6.07) is 5.64. The molecule has 18 heavy (non-hydrogen) atoms. The summed E-state index contributed by atoms with van der Waals surface area (Å²) in [5.41, 5.74) is 7.60. The topological polar surface area (TPSA) is 52.0 Å². The number of hydrogen-bond donors (Lipinski definition) is 1. The van der Waals surface area contributed by atoms with E-state index in [2.05, 4.69) is 11.9 Å². The number of fused-ring (bicyclic) bond motifs is 1. The van der Waals surface area contributed by atoms with Crippen molar-refractivity contribution >= 4 is 11.1 Å². The molecular weight excluding hydrogens is 224 g/mol. The van der Waals surface area contributed by atoms with Gasteiger partial charge in [-0.25, -0.2) is 4.98 Å². The summed E-state index contributed by atoms with van der Waals surface area (Å²) in [5.74, 6) is 1.86. The maximum absolute atomic E-state index is 7.83. The second kappa shape index (κ2) is 4.73. The van der Waals surface area contributed by atoms with Crippen LogP contribution in [-0.2, 0) is 0 Å². The van der Waals surface area contributed by atoms with Gasteiger partial charge in [-0.05, 0) is 36.8 Å². The van der Waals surface area contributed by atoms with Gasteiger partial charge in [-0.1, -0.05) is 31.9 Å². The van der Waals surface area contributed by atoms with Crippen LogP contribution in [0.15, 0.2) is 28.7 Å². The van der Waals surface area contributed by atoms with E-state index >= 15 is 0 Å². The third-order valence-electron chi connectivity index (χ3n) is 4.09. The maximum Gasteiger partial charge on any atom is 0.212 e. The number of aromatic nitrogens is 1. The van der Waals surface area contributed by atoms with E-state index in [1.165, 1.54) is 12.8 Å². The Morgan fingerprint density at radius 1 is 1.39 bits per heavy atom. The number of oxazole rings is 1. The van der Waals surface area contributed by atoms with Crippen molar-refractivity contribution in [1.29, 1.82) is 0 Å². The number of benzene rings is 1. The minimum Gasteiger partial charge on any atom is -0.439 e. The van der Waals surface area contributed by atoms with Crippen LogP contribution in [0.3, 0.4) is 0 Å². The molecule has 1 aromatic heterocycles. The van der Waals surface area contributed by atoms with Gasteiger partial charge in [0.15, 0.2) is 5.58 Å². The minimum absolute atomic E-state index is 0.140. The summed E-state index contributed by atoms with van der Waals surface area (Å²) in [6.07, 6.45) is 4.77. The fourth-order valence-electron chi connectivity index (χ4n) is 2.82. The Morgan fingerprint density at radius 3 is 2.89 bits per heavy atom. The lowest BCUT2D eigenvalue weighted by Crippen LogP contribution is -2.25. The van der Waals surface area contributed by atoms with Gasteiger partial charge in [0.25, 0.3) is 0 Å². The van der Waals surface area contributed by atoms with Crippen molar-refractivity contribution in [3.05, 3.63) is 30.1 Å². The second-order valence-electron chi connectivity index (χ2n) is 5.48. The molecule has 0 radical (unpaired) electrons. The zero-order chi connectivity index (χ0) is 13.4. The Bertz CT molecular complexity index is 573. The van der Waals surface area contributed by atoms with Crippen LogP contribution in [0.5, 0.6) is 0 Å². The summed E-state index contributed by atoms with van der Waals surface area (Å²) in [4.78, 5) is 4.43. The molecule has 0 aliphatic heterocycles. The van der Waals surface area contributed by atoms with E-state index in [0.29, 0.717) is 29.0 Å². The number of hydrogen-bond acceptors (Lipinski definition) is 3. The summed E-state index contributed by atoms with van der Waals surface area (Å²) in [7, 11) is 0. The van der Waals surface area contributed by atoms with Crippen LogP contribution in [0.1, 0.15) is 45.9 Å². The van der Waals surface area contributed by atoms with E-state index < -0.39 is 0 Å². The standard InChI is InChI=1S/C15H20N2O/c1-10-6-8-11(9-7-10)14(16)15-17-12-4-2-3-5-13(12)18-15/h2-5,10-11,14H,6-9,16H2,1H3/t10?,11?,14-/m0/s1/i4D. The van der Waals surface area contributed by atoms with Gasteiger partial charge in [-0.15, -0.1) is 0 Å².